The second-order valence-corrected chi connectivity index (χ2v) is 10.7. The van der Waals surface area contributed by atoms with Crippen LogP contribution in [0.4, 0.5) is 5.69 Å². The van der Waals surface area contributed by atoms with Gasteiger partial charge in [0.05, 0.1) is 16.5 Å². The molecule has 0 N–H and O–H groups in total. The van der Waals surface area contributed by atoms with E-state index in [9.17, 15) is 18.0 Å². The summed E-state index contributed by atoms with van der Waals surface area (Å²) in [4.78, 5) is 30.4. The summed E-state index contributed by atoms with van der Waals surface area (Å²) < 4.78 is 27.4. The van der Waals surface area contributed by atoms with Crippen LogP contribution in [0, 0.1) is 11.3 Å². The minimum atomic E-state index is -3.68. The molecule has 2 heterocycles. The van der Waals surface area contributed by atoms with Gasteiger partial charge in [0, 0.05) is 70.5 Å². The Morgan fingerprint density at radius 3 is 2.03 bits per heavy atom. The molecule has 9 nitrogen and oxygen atoms in total. The quantitative estimate of drug-likeness (QED) is 0.640. The topological polar surface area (TPSA) is 105 Å². The van der Waals surface area contributed by atoms with Crippen LogP contribution in [0.3, 0.4) is 0 Å². The molecule has 2 aromatic carbocycles. The minimum absolute atomic E-state index is 0.0570. The van der Waals surface area contributed by atoms with E-state index in [1.54, 1.807) is 34.1 Å². The molecule has 0 aliphatic carbocycles. The predicted molar refractivity (Wildman–Crippen MR) is 131 cm³/mol. The Morgan fingerprint density at radius 1 is 0.800 bits per heavy atom. The molecule has 2 fully saturated rings. The van der Waals surface area contributed by atoms with Gasteiger partial charge in [-0.05, 0) is 55.0 Å². The van der Waals surface area contributed by atoms with Crippen molar-refractivity contribution in [2.24, 2.45) is 0 Å². The number of rotatable bonds is 4. The zero-order valence-corrected chi connectivity index (χ0v) is 20.6. The van der Waals surface area contributed by atoms with Crippen molar-refractivity contribution < 1.29 is 18.0 Å². The summed E-state index contributed by atoms with van der Waals surface area (Å²) in [5.74, 6) is -0.177. The van der Waals surface area contributed by atoms with Crippen LogP contribution in [-0.2, 0) is 14.8 Å². The standard InChI is InChI=1S/C25H29N5O4S/c1-20(31)27-15-17-30(18-16-27)35(33,34)24-9-5-22(6-10-24)25(32)29-12-2-11-28(13-14-29)23-7-3-21(19-26)4-8-23/h3-10H,2,11-18H2,1H3. The van der Waals surface area contributed by atoms with E-state index in [1.807, 2.05) is 12.1 Å². The molecule has 0 radical (unpaired) electrons. The summed E-state index contributed by atoms with van der Waals surface area (Å²) in [5, 5.41) is 8.99. The summed E-state index contributed by atoms with van der Waals surface area (Å²) >= 11 is 0. The van der Waals surface area contributed by atoms with E-state index in [4.69, 9.17) is 5.26 Å². The van der Waals surface area contributed by atoms with Crippen molar-refractivity contribution >= 4 is 27.5 Å². The van der Waals surface area contributed by atoms with Crippen molar-refractivity contribution in [1.29, 1.82) is 5.26 Å². The highest BCUT2D eigenvalue weighted by Crippen LogP contribution is 2.21. The Kier molecular flexibility index (Phi) is 7.38. The predicted octanol–water partition coefficient (Wildman–Crippen LogP) is 1.76. The smallest absolute Gasteiger partial charge is 0.253 e. The van der Waals surface area contributed by atoms with Crippen molar-refractivity contribution in [2.45, 2.75) is 18.2 Å². The zero-order valence-electron chi connectivity index (χ0n) is 19.8. The largest absolute Gasteiger partial charge is 0.370 e. The fourth-order valence-corrected chi connectivity index (χ4v) is 5.89. The molecule has 0 saturated carbocycles. The van der Waals surface area contributed by atoms with Crippen molar-refractivity contribution in [1.82, 2.24) is 14.1 Å². The molecule has 2 aromatic rings. The van der Waals surface area contributed by atoms with Crippen LogP contribution in [0.15, 0.2) is 53.4 Å². The summed E-state index contributed by atoms with van der Waals surface area (Å²) in [6.45, 7) is 5.40. The highest BCUT2D eigenvalue weighted by Gasteiger charge is 2.29. The lowest BCUT2D eigenvalue weighted by Crippen LogP contribution is -2.49. The number of carbonyl (C=O) groups is 2. The van der Waals surface area contributed by atoms with Crippen molar-refractivity contribution in [2.75, 3.05) is 57.3 Å². The Hall–Kier alpha value is -3.42. The second kappa shape index (κ2) is 10.5. The van der Waals surface area contributed by atoms with Gasteiger partial charge in [-0.1, -0.05) is 0 Å². The number of anilines is 1. The summed E-state index contributed by atoms with van der Waals surface area (Å²) in [7, 11) is -3.68. The fraction of sp³-hybridized carbons (Fsp3) is 0.400. The molecule has 2 aliphatic heterocycles. The van der Waals surface area contributed by atoms with Gasteiger partial charge in [0.15, 0.2) is 0 Å². The normalized spacial score (nSPS) is 17.5. The number of nitriles is 1. The third-order valence-corrected chi connectivity index (χ3v) is 8.48. The first-order valence-electron chi connectivity index (χ1n) is 11.7. The van der Waals surface area contributed by atoms with Gasteiger partial charge in [0.25, 0.3) is 5.91 Å². The molecule has 35 heavy (non-hydrogen) atoms. The SMILES string of the molecule is CC(=O)N1CCN(S(=O)(=O)c2ccc(C(=O)N3CCCN(c4ccc(C#N)cc4)CC3)cc2)CC1. The van der Waals surface area contributed by atoms with Gasteiger partial charge in [-0.3, -0.25) is 9.59 Å². The van der Waals surface area contributed by atoms with Gasteiger partial charge in [-0.2, -0.15) is 9.57 Å². The summed E-state index contributed by atoms with van der Waals surface area (Å²) in [6, 6.07) is 15.7. The Bertz CT molecular complexity index is 1210. The number of benzene rings is 2. The van der Waals surface area contributed by atoms with Gasteiger partial charge in [-0.15, -0.1) is 0 Å². The molecule has 184 valence electrons. The van der Waals surface area contributed by atoms with E-state index in [1.165, 1.54) is 23.4 Å². The molecule has 0 atom stereocenters. The van der Waals surface area contributed by atoms with Crippen molar-refractivity contribution in [3.63, 3.8) is 0 Å². The third-order valence-electron chi connectivity index (χ3n) is 6.57. The number of piperazine rings is 1. The van der Waals surface area contributed by atoms with E-state index in [-0.39, 0.29) is 29.8 Å². The lowest BCUT2D eigenvalue weighted by atomic mass is 10.2. The van der Waals surface area contributed by atoms with Crippen LogP contribution >= 0.6 is 0 Å². The number of hydrogen-bond donors (Lipinski definition) is 0. The van der Waals surface area contributed by atoms with E-state index in [0.29, 0.717) is 43.9 Å². The van der Waals surface area contributed by atoms with Gasteiger partial charge in [0.1, 0.15) is 0 Å². The molecule has 10 heteroatoms. The summed E-state index contributed by atoms with van der Waals surface area (Å²) in [6.07, 6.45) is 0.810. The van der Waals surface area contributed by atoms with E-state index >= 15 is 0 Å². The van der Waals surface area contributed by atoms with Crippen molar-refractivity contribution in [3.8, 4) is 6.07 Å². The van der Waals surface area contributed by atoms with E-state index < -0.39 is 10.0 Å². The van der Waals surface area contributed by atoms with Crippen LogP contribution in [0.2, 0.25) is 0 Å². The average molecular weight is 496 g/mol. The van der Waals surface area contributed by atoms with E-state index in [0.717, 1.165) is 18.7 Å². The van der Waals surface area contributed by atoms with Crippen LogP contribution in [0.1, 0.15) is 29.3 Å². The third kappa shape index (κ3) is 5.47. The van der Waals surface area contributed by atoms with Gasteiger partial charge in [0.2, 0.25) is 15.9 Å². The molecule has 2 amide bonds. The maximum atomic E-state index is 13.1. The molecule has 2 aliphatic rings. The van der Waals surface area contributed by atoms with Crippen molar-refractivity contribution in [3.05, 3.63) is 59.7 Å². The Morgan fingerprint density at radius 2 is 1.43 bits per heavy atom. The number of amides is 2. The molecule has 0 aromatic heterocycles. The minimum Gasteiger partial charge on any atom is -0.370 e. The zero-order chi connectivity index (χ0) is 25.0. The number of sulfonamides is 1. The number of carbonyl (C=O) groups excluding carboxylic acids is 2. The maximum absolute atomic E-state index is 13.1. The number of nitrogens with zero attached hydrogens (tertiary/aromatic N) is 5. The molecule has 0 bridgehead atoms. The first kappa shape index (κ1) is 24.7. The lowest BCUT2D eigenvalue weighted by molar-refractivity contribution is -0.129. The Labute approximate surface area is 206 Å². The number of hydrogen-bond acceptors (Lipinski definition) is 6. The van der Waals surface area contributed by atoms with Gasteiger partial charge < -0.3 is 14.7 Å². The fourth-order valence-electron chi connectivity index (χ4n) is 4.47. The molecular formula is C25H29N5O4S. The highest BCUT2D eigenvalue weighted by atomic mass is 32.2. The molecule has 4 rings (SSSR count). The average Bonchev–Trinajstić information content (AvgIpc) is 3.15. The molecule has 0 unspecified atom stereocenters. The first-order chi connectivity index (χ1) is 16.8. The van der Waals surface area contributed by atoms with Gasteiger partial charge >= 0.3 is 0 Å². The second-order valence-electron chi connectivity index (χ2n) is 8.73. The van der Waals surface area contributed by atoms with Crippen LogP contribution < -0.4 is 4.90 Å². The monoisotopic (exact) mass is 495 g/mol. The Balaban J connectivity index is 1.38. The summed E-state index contributed by atoms with van der Waals surface area (Å²) in [5.41, 5.74) is 2.10. The molecular weight excluding hydrogens is 466 g/mol. The lowest BCUT2D eigenvalue weighted by Gasteiger charge is -2.33. The maximum Gasteiger partial charge on any atom is 0.253 e. The molecule has 0 spiro atoms. The van der Waals surface area contributed by atoms with Gasteiger partial charge in [-0.25, -0.2) is 8.42 Å². The highest BCUT2D eigenvalue weighted by molar-refractivity contribution is 7.89. The first-order valence-corrected chi connectivity index (χ1v) is 13.1. The van der Waals surface area contributed by atoms with Crippen LogP contribution in [0.5, 0.6) is 0 Å². The van der Waals surface area contributed by atoms with Crippen LogP contribution in [0.25, 0.3) is 0 Å². The van der Waals surface area contributed by atoms with Crippen LogP contribution in [-0.4, -0.2) is 86.7 Å². The van der Waals surface area contributed by atoms with E-state index in [2.05, 4.69) is 11.0 Å². The molecule has 2 saturated heterocycles.